The van der Waals surface area contributed by atoms with Gasteiger partial charge < -0.3 is 13.3 Å². The van der Waals surface area contributed by atoms with Gasteiger partial charge in [-0.25, -0.2) is 4.99 Å². The van der Waals surface area contributed by atoms with Crippen molar-refractivity contribution in [2.24, 2.45) is 9.98 Å². The van der Waals surface area contributed by atoms with E-state index >= 15 is 0 Å². The lowest BCUT2D eigenvalue weighted by Gasteiger charge is -2.39. The molecule has 0 saturated carbocycles. The third kappa shape index (κ3) is 8.09. The highest BCUT2D eigenvalue weighted by Crippen LogP contribution is 2.29. The van der Waals surface area contributed by atoms with E-state index < -0.39 is 25.0 Å². The Morgan fingerprint density at radius 3 is 1.75 bits per heavy atom. The third-order valence-electron chi connectivity index (χ3n) is 3.05. The molecule has 1 atom stereocenters. The van der Waals surface area contributed by atoms with Crippen molar-refractivity contribution in [3.63, 3.8) is 0 Å². The molecule has 1 heterocycles. The SMILES string of the molecule is CC(C)(O[Si](C)(C)C)C1CC(O[Si](C)(C)C)=NC(O[Si](C)(C)C)=N1. The molecule has 0 saturated heterocycles. The summed E-state index contributed by atoms with van der Waals surface area (Å²) >= 11 is 0. The van der Waals surface area contributed by atoms with Crippen molar-refractivity contribution < 1.29 is 13.3 Å². The number of aliphatic imine (C=N–C) groups is 2. The average molecular weight is 389 g/mol. The van der Waals surface area contributed by atoms with Crippen LogP contribution >= 0.6 is 0 Å². The summed E-state index contributed by atoms with van der Waals surface area (Å²) in [6, 6.07) is 0.422. The maximum absolute atomic E-state index is 6.41. The lowest BCUT2D eigenvalue weighted by Crippen LogP contribution is -2.49. The fraction of sp³-hybridized carbons (Fsp3) is 0.875. The van der Waals surface area contributed by atoms with E-state index in [0.29, 0.717) is 12.4 Å². The van der Waals surface area contributed by atoms with Gasteiger partial charge in [-0.15, -0.1) is 0 Å². The van der Waals surface area contributed by atoms with Gasteiger partial charge in [-0.2, -0.15) is 4.99 Å². The molecule has 0 N–H and O–H groups in total. The van der Waals surface area contributed by atoms with Gasteiger partial charge in [-0.3, -0.25) is 0 Å². The summed E-state index contributed by atoms with van der Waals surface area (Å²) in [5.74, 6) is 0.745. The minimum Gasteiger partial charge on any atom is -0.534 e. The molecule has 0 radical (unpaired) electrons. The standard InChI is InChI=1S/C16H36N2O3Si3/c1-16(2,21-24(9,10)11)13-12-14(19-22(3,4)5)18-15(17-13)20-23(6,7)8/h13H,12H2,1-11H3. The van der Waals surface area contributed by atoms with Crippen molar-refractivity contribution in [1.29, 1.82) is 0 Å². The van der Waals surface area contributed by atoms with Crippen LogP contribution in [0.4, 0.5) is 0 Å². The molecule has 24 heavy (non-hydrogen) atoms. The third-order valence-corrected chi connectivity index (χ3v) is 5.83. The molecule has 1 rings (SSSR count). The van der Waals surface area contributed by atoms with Gasteiger partial charge >= 0.3 is 6.02 Å². The first-order valence-electron chi connectivity index (χ1n) is 8.70. The molecule has 0 aromatic rings. The van der Waals surface area contributed by atoms with Crippen molar-refractivity contribution in [2.45, 2.75) is 90.8 Å². The van der Waals surface area contributed by atoms with Gasteiger partial charge in [0.25, 0.3) is 0 Å². The smallest absolute Gasteiger partial charge is 0.301 e. The molecule has 0 amide bonds. The highest BCUT2D eigenvalue weighted by molar-refractivity contribution is 6.72. The average Bonchev–Trinajstić information content (AvgIpc) is 2.19. The second kappa shape index (κ2) is 7.05. The molecule has 0 bridgehead atoms. The maximum atomic E-state index is 6.41. The summed E-state index contributed by atoms with van der Waals surface area (Å²) in [5, 5.41) is 0. The van der Waals surface area contributed by atoms with E-state index in [0.717, 1.165) is 5.90 Å². The van der Waals surface area contributed by atoms with Crippen molar-refractivity contribution in [2.75, 3.05) is 0 Å². The number of hydrogen-bond donors (Lipinski definition) is 0. The summed E-state index contributed by atoms with van der Waals surface area (Å²) in [6.07, 6.45) is 0.667. The molecule has 0 fully saturated rings. The van der Waals surface area contributed by atoms with E-state index in [2.05, 4.69) is 77.8 Å². The predicted molar refractivity (Wildman–Crippen MR) is 111 cm³/mol. The topological polar surface area (TPSA) is 52.4 Å². The number of amidine groups is 1. The van der Waals surface area contributed by atoms with E-state index in [1.54, 1.807) is 0 Å². The monoisotopic (exact) mass is 388 g/mol. The molecule has 0 spiro atoms. The molecule has 140 valence electrons. The molecule has 5 nitrogen and oxygen atoms in total. The first-order chi connectivity index (χ1) is 10.5. The first kappa shape index (κ1) is 21.6. The van der Waals surface area contributed by atoms with Crippen LogP contribution < -0.4 is 0 Å². The second-order valence-electron chi connectivity index (χ2n) is 9.88. The summed E-state index contributed by atoms with van der Waals surface area (Å²) in [7, 11) is -5.20. The Kier molecular flexibility index (Phi) is 6.34. The van der Waals surface area contributed by atoms with Crippen molar-refractivity contribution >= 4 is 36.9 Å². The van der Waals surface area contributed by atoms with Crippen LogP contribution in [0.3, 0.4) is 0 Å². The van der Waals surface area contributed by atoms with Gasteiger partial charge in [0.15, 0.2) is 14.2 Å². The fourth-order valence-electron chi connectivity index (χ4n) is 2.52. The molecule has 1 unspecified atom stereocenters. The Labute approximate surface area is 151 Å². The highest BCUT2D eigenvalue weighted by Gasteiger charge is 2.39. The van der Waals surface area contributed by atoms with Crippen molar-refractivity contribution in [3.8, 4) is 0 Å². The summed E-state index contributed by atoms with van der Waals surface area (Å²) in [6.45, 7) is 23.7. The van der Waals surface area contributed by atoms with Crippen LogP contribution in [0.25, 0.3) is 0 Å². The van der Waals surface area contributed by atoms with Gasteiger partial charge in [-0.1, -0.05) is 0 Å². The minimum absolute atomic E-state index is 0.0422. The van der Waals surface area contributed by atoms with Crippen LogP contribution in [-0.4, -0.2) is 48.5 Å². The van der Waals surface area contributed by atoms with Gasteiger partial charge in [-0.05, 0) is 72.8 Å². The predicted octanol–water partition coefficient (Wildman–Crippen LogP) is 4.85. The Bertz CT molecular complexity index is 512. The first-order valence-corrected chi connectivity index (χ1v) is 18.9. The lowest BCUT2D eigenvalue weighted by molar-refractivity contribution is 0.0722. The van der Waals surface area contributed by atoms with Crippen molar-refractivity contribution in [3.05, 3.63) is 0 Å². The Hall–Kier alpha value is -0.449. The van der Waals surface area contributed by atoms with Crippen LogP contribution in [0.15, 0.2) is 9.98 Å². The van der Waals surface area contributed by atoms with Crippen LogP contribution in [-0.2, 0) is 13.3 Å². The largest absolute Gasteiger partial charge is 0.534 e. The summed E-state index contributed by atoms with van der Waals surface area (Å²) < 4.78 is 18.7. The molecule has 1 aliphatic heterocycles. The van der Waals surface area contributed by atoms with Crippen LogP contribution in [0.5, 0.6) is 0 Å². The molecular formula is C16H36N2O3Si3. The van der Waals surface area contributed by atoms with Crippen LogP contribution in [0.1, 0.15) is 20.3 Å². The molecule has 0 aliphatic carbocycles. The molecule has 8 heteroatoms. The van der Waals surface area contributed by atoms with E-state index in [-0.39, 0.29) is 11.6 Å². The van der Waals surface area contributed by atoms with Gasteiger partial charge in [0.05, 0.1) is 11.6 Å². The van der Waals surface area contributed by atoms with Crippen LogP contribution in [0.2, 0.25) is 58.9 Å². The zero-order chi connectivity index (χ0) is 19.0. The van der Waals surface area contributed by atoms with Gasteiger partial charge in [0.1, 0.15) is 0 Å². The quantitative estimate of drug-likeness (QED) is 0.633. The summed E-state index contributed by atoms with van der Waals surface area (Å²) in [4.78, 5) is 9.34. The normalized spacial score (nSPS) is 20.4. The zero-order valence-corrected chi connectivity index (χ0v) is 20.4. The number of hydrogen-bond acceptors (Lipinski definition) is 5. The second-order valence-corrected chi connectivity index (χ2v) is 23.2. The van der Waals surface area contributed by atoms with Gasteiger partial charge in [0, 0.05) is 6.42 Å². The number of nitrogens with zero attached hydrogens (tertiary/aromatic N) is 2. The molecule has 1 aliphatic rings. The van der Waals surface area contributed by atoms with E-state index in [4.69, 9.17) is 18.3 Å². The number of rotatable bonds is 5. The van der Waals surface area contributed by atoms with E-state index in [1.165, 1.54) is 0 Å². The minimum atomic E-state index is -1.78. The van der Waals surface area contributed by atoms with E-state index in [9.17, 15) is 0 Å². The zero-order valence-electron chi connectivity index (χ0n) is 17.4. The van der Waals surface area contributed by atoms with Gasteiger partial charge in [0.2, 0.25) is 16.6 Å². The van der Waals surface area contributed by atoms with Crippen molar-refractivity contribution in [1.82, 2.24) is 0 Å². The fourth-order valence-corrected chi connectivity index (χ4v) is 5.72. The summed E-state index contributed by atoms with van der Waals surface area (Å²) in [5.41, 5.74) is -0.373. The lowest BCUT2D eigenvalue weighted by atomic mass is 9.96. The molecule has 0 aromatic carbocycles. The highest BCUT2D eigenvalue weighted by atomic mass is 28.4. The molecule has 0 aromatic heterocycles. The van der Waals surface area contributed by atoms with Crippen LogP contribution in [0, 0.1) is 0 Å². The van der Waals surface area contributed by atoms with E-state index in [1.807, 2.05) is 0 Å². The maximum Gasteiger partial charge on any atom is 0.301 e. The molecular weight excluding hydrogens is 352 g/mol. The Morgan fingerprint density at radius 1 is 0.833 bits per heavy atom. The Balaban J connectivity index is 3.11. The Morgan fingerprint density at radius 2 is 1.33 bits per heavy atom.